The van der Waals surface area contributed by atoms with E-state index in [0.717, 1.165) is 42.2 Å². The number of fused-ring (bicyclic) bond motifs is 1. The van der Waals surface area contributed by atoms with Crippen molar-refractivity contribution in [3.05, 3.63) is 84.4 Å². The predicted octanol–water partition coefficient (Wildman–Crippen LogP) is 4.36. The number of rotatable bonds is 9. The molecule has 2 heterocycles. The van der Waals surface area contributed by atoms with Crippen LogP contribution in [0.2, 0.25) is 0 Å². The van der Waals surface area contributed by atoms with Gasteiger partial charge in [-0.2, -0.15) is 0 Å². The average Bonchev–Trinajstić information content (AvgIpc) is 3.20. The molecular weight excluding hydrogens is 378 g/mol. The summed E-state index contributed by atoms with van der Waals surface area (Å²) in [4.78, 5) is 13.2. The Labute approximate surface area is 175 Å². The van der Waals surface area contributed by atoms with Gasteiger partial charge in [0.05, 0.1) is 6.33 Å². The Morgan fingerprint density at radius 3 is 2.28 bits per heavy atom. The minimum Gasteiger partial charge on any atom is -0.316 e. The Morgan fingerprint density at radius 2 is 1.62 bits per heavy atom. The van der Waals surface area contributed by atoms with E-state index in [9.17, 15) is 0 Å². The van der Waals surface area contributed by atoms with Crippen molar-refractivity contribution in [3.63, 3.8) is 0 Å². The van der Waals surface area contributed by atoms with Crippen LogP contribution < -0.4 is 5.32 Å². The van der Waals surface area contributed by atoms with Gasteiger partial charge in [-0.25, -0.2) is 15.0 Å². The van der Waals surface area contributed by atoms with E-state index in [0.29, 0.717) is 5.92 Å². The molecule has 1 N–H and O–H groups in total. The highest BCUT2D eigenvalue weighted by Crippen LogP contribution is 2.24. The molecule has 0 fully saturated rings. The van der Waals surface area contributed by atoms with E-state index < -0.39 is 0 Å². The summed E-state index contributed by atoms with van der Waals surface area (Å²) in [5, 5.41) is 4.58. The second-order valence-electron chi connectivity index (χ2n) is 6.92. The summed E-state index contributed by atoms with van der Waals surface area (Å²) in [7, 11) is 0. The molecule has 4 aromatic rings. The molecule has 0 aliphatic heterocycles. The Kier molecular flexibility index (Phi) is 6.54. The molecule has 0 aliphatic carbocycles. The van der Waals surface area contributed by atoms with Crippen molar-refractivity contribution in [3.8, 4) is 0 Å². The third-order valence-corrected chi connectivity index (χ3v) is 5.75. The smallest absolute Gasteiger partial charge is 0.164 e. The highest BCUT2D eigenvalue weighted by molar-refractivity contribution is 7.98. The van der Waals surface area contributed by atoms with Crippen molar-refractivity contribution in [1.29, 1.82) is 0 Å². The summed E-state index contributed by atoms with van der Waals surface area (Å²) in [6.07, 6.45) is 6.52. The number of nitrogens with zero attached hydrogens (tertiary/aromatic N) is 4. The minimum atomic E-state index is 0.350. The quantitative estimate of drug-likeness (QED) is 0.256. The molecule has 0 saturated heterocycles. The summed E-state index contributed by atoms with van der Waals surface area (Å²) in [5.74, 6) is 0.350. The van der Waals surface area contributed by atoms with Crippen LogP contribution in [0, 0.1) is 0 Å². The van der Waals surface area contributed by atoms with Gasteiger partial charge in [0.2, 0.25) is 0 Å². The number of benzene rings is 2. The summed E-state index contributed by atoms with van der Waals surface area (Å²) >= 11 is 1.60. The first-order chi connectivity index (χ1) is 14.4. The maximum absolute atomic E-state index is 4.49. The number of aromatic nitrogens is 4. The van der Waals surface area contributed by atoms with Crippen molar-refractivity contribution in [2.75, 3.05) is 19.3 Å². The van der Waals surface area contributed by atoms with Crippen molar-refractivity contribution < 1.29 is 0 Å². The molecule has 2 aromatic carbocycles. The van der Waals surface area contributed by atoms with Crippen LogP contribution in [0.4, 0.5) is 0 Å². The van der Waals surface area contributed by atoms with Gasteiger partial charge < -0.3 is 9.88 Å². The zero-order valence-corrected chi connectivity index (χ0v) is 17.3. The monoisotopic (exact) mass is 403 g/mol. The molecule has 148 valence electrons. The Balaban J connectivity index is 1.35. The van der Waals surface area contributed by atoms with Gasteiger partial charge in [0.15, 0.2) is 5.65 Å². The molecule has 5 nitrogen and oxygen atoms in total. The van der Waals surface area contributed by atoms with Crippen LogP contribution in [-0.2, 0) is 6.54 Å². The lowest BCUT2D eigenvalue weighted by atomic mass is 9.91. The van der Waals surface area contributed by atoms with E-state index in [1.807, 2.05) is 12.6 Å². The van der Waals surface area contributed by atoms with Crippen LogP contribution in [0.15, 0.2) is 78.3 Å². The number of imidazole rings is 1. The largest absolute Gasteiger partial charge is 0.316 e. The first-order valence-corrected chi connectivity index (χ1v) is 11.1. The summed E-state index contributed by atoms with van der Waals surface area (Å²) < 4.78 is 2.12. The number of hydrogen-bond acceptors (Lipinski definition) is 5. The Bertz CT molecular complexity index is 994. The molecule has 0 saturated carbocycles. The SMILES string of the molecule is CSc1ncnc2c1ncn2CCCNCC(c1ccccc1)c1ccccc1. The molecule has 29 heavy (non-hydrogen) atoms. The highest BCUT2D eigenvalue weighted by Gasteiger charge is 2.13. The minimum absolute atomic E-state index is 0.350. The summed E-state index contributed by atoms with van der Waals surface area (Å²) in [5.41, 5.74) is 4.48. The van der Waals surface area contributed by atoms with Crippen LogP contribution in [0.1, 0.15) is 23.5 Å². The van der Waals surface area contributed by atoms with Gasteiger partial charge in [0.25, 0.3) is 0 Å². The van der Waals surface area contributed by atoms with E-state index in [1.54, 1.807) is 18.1 Å². The third-order valence-electron chi connectivity index (χ3n) is 5.07. The van der Waals surface area contributed by atoms with Crippen LogP contribution in [-0.4, -0.2) is 38.9 Å². The van der Waals surface area contributed by atoms with Crippen molar-refractivity contribution in [2.24, 2.45) is 0 Å². The van der Waals surface area contributed by atoms with E-state index in [-0.39, 0.29) is 0 Å². The van der Waals surface area contributed by atoms with Crippen LogP contribution in [0.25, 0.3) is 11.2 Å². The standard InChI is InChI=1S/C23H25N5S/c1-29-23-21-22(25-16-26-23)28(17-27-21)14-8-13-24-15-20(18-9-4-2-5-10-18)19-11-6-3-7-12-19/h2-7,9-12,16-17,20,24H,8,13-15H2,1H3. The third kappa shape index (κ3) is 4.66. The molecule has 0 spiro atoms. The number of aryl methyl sites for hydroxylation is 1. The summed E-state index contributed by atoms with van der Waals surface area (Å²) in [6.45, 7) is 2.74. The van der Waals surface area contributed by atoms with Crippen LogP contribution in [0.3, 0.4) is 0 Å². The van der Waals surface area contributed by atoms with Gasteiger partial charge in [0, 0.05) is 19.0 Å². The molecule has 0 atom stereocenters. The second-order valence-corrected chi connectivity index (χ2v) is 7.72. The average molecular weight is 404 g/mol. The van der Waals surface area contributed by atoms with Crippen LogP contribution >= 0.6 is 11.8 Å². The predicted molar refractivity (Wildman–Crippen MR) is 119 cm³/mol. The Hall–Kier alpha value is -2.70. The maximum atomic E-state index is 4.49. The molecule has 0 unspecified atom stereocenters. The zero-order valence-electron chi connectivity index (χ0n) is 16.5. The van der Waals surface area contributed by atoms with Gasteiger partial charge in [0.1, 0.15) is 16.9 Å². The fraction of sp³-hybridized carbons (Fsp3) is 0.261. The van der Waals surface area contributed by atoms with Crippen LogP contribution in [0.5, 0.6) is 0 Å². The highest BCUT2D eigenvalue weighted by atomic mass is 32.2. The lowest BCUT2D eigenvalue weighted by Crippen LogP contribution is -2.24. The first-order valence-electron chi connectivity index (χ1n) is 9.87. The first kappa shape index (κ1) is 19.6. The lowest BCUT2D eigenvalue weighted by Gasteiger charge is -2.19. The van der Waals surface area contributed by atoms with Crippen molar-refractivity contribution in [1.82, 2.24) is 24.8 Å². The molecule has 0 radical (unpaired) electrons. The van der Waals surface area contributed by atoms with Gasteiger partial charge in [-0.05, 0) is 30.3 Å². The molecule has 6 heteroatoms. The van der Waals surface area contributed by atoms with E-state index in [4.69, 9.17) is 0 Å². The van der Waals surface area contributed by atoms with Gasteiger partial charge >= 0.3 is 0 Å². The second kappa shape index (κ2) is 9.67. The summed E-state index contributed by atoms with van der Waals surface area (Å²) in [6, 6.07) is 21.4. The number of thioether (sulfide) groups is 1. The fourth-order valence-electron chi connectivity index (χ4n) is 3.59. The number of nitrogens with one attached hydrogen (secondary N) is 1. The molecule has 4 rings (SSSR count). The molecule has 0 bridgehead atoms. The van der Waals surface area contributed by atoms with E-state index in [2.05, 4.69) is 85.5 Å². The van der Waals surface area contributed by atoms with Crippen molar-refractivity contribution in [2.45, 2.75) is 23.9 Å². The fourth-order valence-corrected chi connectivity index (χ4v) is 4.08. The molecule has 0 amide bonds. The number of hydrogen-bond donors (Lipinski definition) is 1. The molecular formula is C23H25N5S. The van der Waals surface area contributed by atoms with Gasteiger partial charge in [-0.15, -0.1) is 11.8 Å². The van der Waals surface area contributed by atoms with E-state index >= 15 is 0 Å². The normalized spacial score (nSPS) is 11.4. The molecule has 2 aromatic heterocycles. The lowest BCUT2D eigenvalue weighted by molar-refractivity contribution is 0.569. The van der Waals surface area contributed by atoms with Gasteiger partial charge in [-0.1, -0.05) is 60.7 Å². The molecule has 0 aliphatic rings. The van der Waals surface area contributed by atoms with E-state index in [1.165, 1.54) is 11.1 Å². The van der Waals surface area contributed by atoms with Crippen molar-refractivity contribution >= 4 is 22.9 Å². The zero-order chi connectivity index (χ0) is 19.9. The Morgan fingerprint density at radius 1 is 0.931 bits per heavy atom. The van der Waals surface area contributed by atoms with Gasteiger partial charge in [-0.3, -0.25) is 0 Å². The maximum Gasteiger partial charge on any atom is 0.164 e. The topological polar surface area (TPSA) is 55.6 Å².